The van der Waals surface area contributed by atoms with Crippen LogP contribution < -0.4 is 10.6 Å². The molecular weight excluding hydrogens is 270 g/mol. The van der Waals surface area contributed by atoms with Crippen LogP contribution in [0.5, 0.6) is 0 Å². The van der Waals surface area contributed by atoms with Crippen LogP contribution in [-0.2, 0) is 4.74 Å². The first kappa shape index (κ1) is 15.7. The van der Waals surface area contributed by atoms with Gasteiger partial charge in [-0.3, -0.25) is 9.69 Å². The quantitative estimate of drug-likeness (QED) is 0.756. The lowest BCUT2D eigenvalue weighted by Gasteiger charge is -2.26. The molecule has 7 heteroatoms. The predicted octanol–water partition coefficient (Wildman–Crippen LogP) is 0.361. The molecule has 2 heterocycles. The van der Waals surface area contributed by atoms with Crippen molar-refractivity contribution in [1.29, 1.82) is 0 Å². The molecule has 116 valence electrons. The second kappa shape index (κ2) is 8.53. The number of nitrogens with one attached hydrogen (secondary N) is 2. The number of carbonyl (C=O) groups excluding carboxylic acids is 1. The van der Waals surface area contributed by atoms with E-state index in [0.29, 0.717) is 18.2 Å². The van der Waals surface area contributed by atoms with Gasteiger partial charge in [0.1, 0.15) is 5.69 Å². The Morgan fingerprint density at radius 2 is 2.19 bits per heavy atom. The third-order valence-corrected chi connectivity index (χ3v) is 3.24. The highest BCUT2D eigenvalue weighted by atomic mass is 16.5. The minimum absolute atomic E-state index is 0.157. The van der Waals surface area contributed by atoms with E-state index in [9.17, 15) is 4.79 Å². The molecule has 1 amide bonds. The van der Waals surface area contributed by atoms with Gasteiger partial charge in [-0.25, -0.2) is 9.97 Å². The number of aromatic nitrogens is 2. The Morgan fingerprint density at radius 1 is 1.38 bits per heavy atom. The van der Waals surface area contributed by atoms with Gasteiger partial charge in [0, 0.05) is 38.9 Å². The minimum atomic E-state index is -0.157. The zero-order chi connectivity index (χ0) is 14.9. The van der Waals surface area contributed by atoms with Crippen molar-refractivity contribution in [3.05, 3.63) is 18.0 Å². The number of morpholine rings is 1. The fraction of sp³-hybridized carbons (Fsp3) is 0.643. The molecule has 2 rings (SSSR count). The molecule has 1 aliphatic heterocycles. The Bertz CT molecular complexity index is 449. The average molecular weight is 293 g/mol. The van der Waals surface area contributed by atoms with Gasteiger partial charge in [0.2, 0.25) is 5.95 Å². The molecule has 0 spiro atoms. The standard InChI is InChI=1S/C14H23N5O2/c1-2-4-15-13(20)12-3-5-16-14(18-12)17-6-7-19-8-10-21-11-9-19/h3,5H,2,4,6-11H2,1H3,(H,15,20)(H,16,17,18). The number of carbonyl (C=O) groups is 1. The van der Waals surface area contributed by atoms with Crippen molar-refractivity contribution >= 4 is 11.9 Å². The zero-order valence-corrected chi connectivity index (χ0v) is 12.5. The van der Waals surface area contributed by atoms with E-state index in [2.05, 4.69) is 25.5 Å². The van der Waals surface area contributed by atoms with E-state index in [0.717, 1.165) is 45.8 Å². The van der Waals surface area contributed by atoms with E-state index < -0.39 is 0 Å². The Kier molecular flexibility index (Phi) is 6.36. The van der Waals surface area contributed by atoms with E-state index in [1.807, 2.05) is 6.92 Å². The van der Waals surface area contributed by atoms with Crippen LogP contribution in [0.1, 0.15) is 23.8 Å². The maximum atomic E-state index is 11.8. The summed E-state index contributed by atoms with van der Waals surface area (Å²) in [5.74, 6) is 0.336. The van der Waals surface area contributed by atoms with Crippen LogP contribution in [-0.4, -0.2) is 66.7 Å². The highest BCUT2D eigenvalue weighted by Crippen LogP contribution is 2.01. The summed E-state index contributed by atoms with van der Waals surface area (Å²) in [5, 5.41) is 5.96. The third kappa shape index (κ3) is 5.28. The van der Waals surface area contributed by atoms with Gasteiger partial charge in [-0.2, -0.15) is 0 Å². The van der Waals surface area contributed by atoms with Crippen molar-refractivity contribution in [3.8, 4) is 0 Å². The second-order valence-electron chi connectivity index (χ2n) is 4.90. The van der Waals surface area contributed by atoms with Gasteiger partial charge < -0.3 is 15.4 Å². The van der Waals surface area contributed by atoms with E-state index >= 15 is 0 Å². The van der Waals surface area contributed by atoms with Gasteiger partial charge >= 0.3 is 0 Å². The highest BCUT2D eigenvalue weighted by molar-refractivity contribution is 5.92. The Hall–Kier alpha value is -1.73. The molecule has 0 aromatic carbocycles. The topological polar surface area (TPSA) is 79.4 Å². The van der Waals surface area contributed by atoms with Crippen LogP contribution in [0.4, 0.5) is 5.95 Å². The van der Waals surface area contributed by atoms with Crippen molar-refractivity contribution in [2.45, 2.75) is 13.3 Å². The minimum Gasteiger partial charge on any atom is -0.379 e. The van der Waals surface area contributed by atoms with Crippen LogP contribution >= 0.6 is 0 Å². The number of nitrogens with zero attached hydrogens (tertiary/aromatic N) is 3. The van der Waals surface area contributed by atoms with E-state index in [4.69, 9.17) is 4.74 Å². The third-order valence-electron chi connectivity index (χ3n) is 3.24. The van der Waals surface area contributed by atoms with E-state index in [-0.39, 0.29) is 5.91 Å². The van der Waals surface area contributed by atoms with Gasteiger partial charge in [-0.1, -0.05) is 6.92 Å². The Labute approximate surface area is 125 Å². The molecular formula is C14H23N5O2. The second-order valence-corrected chi connectivity index (χ2v) is 4.90. The van der Waals surface area contributed by atoms with Crippen LogP contribution in [0.2, 0.25) is 0 Å². The predicted molar refractivity (Wildman–Crippen MR) is 80.4 cm³/mol. The molecule has 2 N–H and O–H groups in total. The van der Waals surface area contributed by atoms with Crippen molar-refractivity contribution < 1.29 is 9.53 Å². The number of ether oxygens (including phenoxy) is 1. The smallest absolute Gasteiger partial charge is 0.270 e. The summed E-state index contributed by atoms with van der Waals surface area (Å²) in [7, 11) is 0. The summed E-state index contributed by atoms with van der Waals surface area (Å²) < 4.78 is 5.31. The first-order valence-corrected chi connectivity index (χ1v) is 7.45. The van der Waals surface area contributed by atoms with Crippen molar-refractivity contribution in [2.75, 3.05) is 51.3 Å². The fourth-order valence-electron chi connectivity index (χ4n) is 2.05. The zero-order valence-electron chi connectivity index (χ0n) is 12.5. The summed E-state index contributed by atoms with van der Waals surface area (Å²) in [6, 6.07) is 1.62. The SMILES string of the molecule is CCCNC(=O)c1ccnc(NCCN2CCOCC2)n1. The molecule has 1 aliphatic rings. The lowest BCUT2D eigenvalue weighted by molar-refractivity contribution is 0.0398. The summed E-state index contributed by atoms with van der Waals surface area (Å²) in [6.45, 7) is 7.84. The van der Waals surface area contributed by atoms with Gasteiger partial charge in [-0.05, 0) is 12.5 Å². The van der Waals surface area contributed by atoms with Gasteiger partial charge in [0.05, 0.1) is 13.2 Å². The maximum Gasteiger partial charge on any atom is 0.270 e. The number of anilines is 1. The van der Waals surface area contributed by atoms with Gasteiger partial charge in [0.15, 0.2) is 0 Å². The van der Waals surface area contributed by atoms with Crippen LogP contribution in [0.25, 0.3) is 0 Å². The molecule has 0 radical (unpaired) electrons. The first-order valence-electron chi connectivity index (χ1n) is 7.45. The number of amides is 1. The number of hydrogen-bond donors (Lipinski definition) is 2. The maximum absolute atomic E-state index is 11.8. The molecule has 0 saturated carbocycles. The molecule has 0 unspecified atom stereocenters. The first-order chi connectivity index (χ1) is 10.3. The van der Waals surface area contributed by atoms with Gasteiger partial charge in [-0.15, -0.1) is 0 Å². The number of rotatable bonds is 7. The number of hydrogen-bond acceptors (Lipinski definition) is 6. The molecule has 7 nitrogen and oxygen atoms in total. The van der Waals surface area contributed by atoms with Crippen molar-refractivity contribution in [3.63, 3.8) is 0 Å². The average Bonchev–Trinajstić information content (AvgIpc) is 2.54. The normalized spacial score (nSPS) is 15.7. The molecule has 0 atom stereocenters. The molecule has 1 saturated heterocycles. The Balaban J connectivity index is 1.78. The molecule has 1 aromatic rings. The summed E-state index contributed by atoms with van der Waals surface area (Å²) in [5.41, 5.74) is 0.396. The van der Waals surface area contributed by atoms with Crippen molar-refractivity contribution in [2.24, 2.45) is 0 Å². The summed E-state index contributed by atoms with van der Waals surface area (Å²) in [4.78, 5) is 22.5. The monoisotopic (exact) mass is 293 g/mol. The highest BCUT2D eigenvalue weighted by Gasteiger charge is 2.10. The van der Waals surface area contributed by atoms with E-state index in [1.54, 1.807) is 12.3 Å². The van der Waals surface area contributed by atoms with Gasteiger partial charge in [0.25, 0.3) is 5.91 Å². The lowest BCUT2D eigenvalue weighted by atomic mass is 10.3. The fourth-order valence-corrected chi connectivity index (χ4v) is 2.05. The van der Waals surface area contributed by atoms with Crippen LogP contribution in [0, 0.1) is 0 Å². The molecule has 1 aromatic heterocycles. The summed E-state index contributed by atoms with van der Waals surface area (Å²) >= 11 is 0. The summed E-state index contributed by atoms with van der Waals surface area (Å²) in [6.07, 6.45) is 2.51. The molecule has 1 fully saturated rings. The van der Waals surface area contributed by atoms with Crippen LogP contribution in [0.3, 0.4) is 0 Å². The van der Waals surface area contributed by atoms with E-state index in [1.165, 1.54) is 0 Å². The lowest BCUT2D eigenvalue weighted by Crippen LogP contribution is -2.39. The van der Waals surface area contributed by atoms with Crippen LogP contribution in [0.15, 0.2) is 12.3 Å². The molecule has 0 aliphatic carbocycles. The Morgan fingerprint density at radius 3 is 2.95 bits per heavy atom. The van der Waals surface area contributed by atoms with Crippen molar-refractivity contribution in [1.82, 2.24) is 20.2 Å². The largest absolute Gasteiger partial charge is 0.379 e. The molecule has 0 bridgehead atoms. The molecule has 21 heavy (non-hydrogen) atoms.